The van der Waals surface area contributed by atoms with Crippen LogP contribution in [-0.4, -0.2) is 4.57 Å². The summed E-state index contributed by atoms with van der Waals surface area (Å²) in [7, 11) is 0. The Bertz CT molecular complexity index is 436. The molecule has 0 aliphatic carbocycles. The minimum Gasteiger partial charge on any atom is -0.234 e. The van der Waals surface area contributed by atoms with Gasteiger partial charge in [-0.25, -0.2) is 9.13 Å². The van der Waals surface area contributed by atoms with E-state index in [2.05, 4.69) is 42.3 Å². The van der Waals surface area contributed by atoms with Crippen molar-refractivity contribution in [2.75, 3.05) is 0 Å². The molecule has 0 unspecified atom stereocenters. The van der Waals surface area contributed by atoms with Gasteiger partial charge in [-0.15, -0.1) is 0 Å². The van der Waals surface area contributed by atoms with Crippen LogP contribution in [-0.2, 0) is 13.1 Å². The quantitative estimate of drug-likeness (QED) is 0.172. The van der Waals surface area contributed by atoms with E-state index in [1.807, 2.05) is 0 Å². The van der Waals surface area contributed by atoms with E-state index in [0.717, 1.165) is 0 Å². The Morgan fingerprint density at radius 3 is 1.59 bits per heavy atom. The summed E-state index contributed by atoms with van der Waals surface area (Å²) in [6, 6.07) is 0. The second-order valence-corrected chi connectivity index (χ2v) is 8.54. The lowest BCUT2D eigenvalue weighted by molar-refractivity contribution is -0.702. The van der Waals surface area contributed by atoms with E-state index in [0.29, 0.717) is 0 Å². The summed E-state index contributed by atoms with van der Waals surface area (Å²) in [5.74, 6) is 1.44. The molecule has 2 heteroatoms. The fraction of sp³-hybridized carbons (Fsp3) is 0.880. The van der Waals surface area contributed by atoms with Gasteiger partial charge >= 0.3 is 0 Å². The molecule has 0 saturated heterocycles. The molecule has 0 bridgehead atoms. The van der Waals surface area contributed by atoms with Gasteiger partial charge in [-0.2, -0.15) is 0 Å². The zero-order valence-electron chi connectivity index (χ0n) is 19.0. The van der Waals surface area contributed by atoms with Crippen molar-refractivity contribution in [3.05, 3.63) is 18.2 Å². The fourth-order valence-electron chi connectivity index (χ4n) is 4.02. The molecule has 0 saturated carbocycles. The summed E-state index contributed by atoms with van der Waals surface area (Å²) in [5, 5.41) is 0. The first-order valence-corrected chi connectivity index (χ1v) is 12.3. The number of hydrogen-bond donors (Lipinski definition) is 0. The first-order valence-electron chi connectivity index (χ1n) is 12.3. The van der Waals surface area contributed by atoms with Crippen molar-refractivity contribution in [1.29, 1.82) is 0 Å². The van der Waals surface area contributed by atoms with Crippen molar-refractivity contribution >= 4 is 0 Å². The Balaban J connectivity index is 2.02. The van der Waals surface area contributed by atoms with Crippen molar-refractivity contribution in [3.63, 3.8) is 0 Å². The van der Waals surface area contributed by atoms with E-state index in [1.54, 1.807) is 0 Å². The van der Waals surface area contributed by atoms with Crippen LogP contribution in [0.3, 0.4) is 0 Å². The zero-order chi connectivity index (χ0) is 19.6. The third-order valence-electron chi connectivity index (χ3n) is 6.01. The van der Waals surface area contributed by atoms with Crippen LogP contribution in [0.5, 0.6) is 0 Å². The summed E-state index contributed by atoms with van der Waals surface area (Å²) in [6.07, 6.45) is 28.5. The highest BCUT2D eigenvalue weighted by molar-refractivity contribution is 4.79. The second kappa shape index (κ2) is 17.3. The van der Waals surface area contributed by atoms with Gasteiger partial charge in [0.15, 0.2) is 0 Å². The highest BCUT2D eigenvalue weighted by Gasteiger charge is 2.11. The van der Waals surface area contributed by atoms with Crippen LogP contribution < -0.4 is 4.57 Å². The summed E-state index contributed by atoms with van der Waals surface area (Å²) < 4.78 is 4.92. The zero-order valence-corrected chi connectivity index (χ0v) is 19.0. The van der Waals surface area contributed by atoms with Crippen LogP contribution in [0.4, 0.5) is 0 Å². The van der Waals surface area contributed by atoms with Gasteiger partial charge < -0.3 is 0 Å². The maximum absolute atomic E-state index is 2.46. The third-order valence-corrected chi connectivity index (χ3v) is 6.01. The average Bonchev–Trinajstić information content (AvgIpc) is 3.02. The van der Waals surface area contributed by atoms with Crippen LogP contribution >= 0.6 is 0 Å². The normalized spacial score (nSPS) is 11.4. The van der Waals surface area contributed by atoms with Crippen molar-refractivity contribution in [2.24, 2.45) is 0 Å². The molecular weight excluding hydrogens is 328 g/mol. The molecule has 0 aliphatic rings. The molecule has 0 aliphatic heterocycles. The van der Waals surface area contributed by atoms with Crippen LogP contribution in [0.2, 0.25) is 0 Å². The number of nitrogens with zero attached hydrogens (tertiary/aromatic N) is 2. The molecule has 0 N–H and O–H groups in total. The van der Waals surface area contributed by atoms with Gasteiger partial charge in [-0.05, 0) is 25.7 Å². The lowest BCUT2D eigenvalue weighted by Gasteiger charge is -2.03. The maximum Gasteiger partial charge on any atom is 0.253 e. The topological polar surface area (TPSA) is 8.81 Å². The highest BCUT2D eigenvalue weighted by Crippen LogP contribution is 2.11. The second-order valence-electron chi connectivity index (χ2n) is 8.54. The molecule has 0 radical (unpaired) electrons. The van der Waals surface area contributed by atoms with Gasteiger partial charge in [-0.1, -0.05) is 97.3 Å². The molecule has 0 spiro atoms. The summed E-state index contributed by atoms with van der Waals surface area (Å²) in [5.41, 5.74) is 0. The highest BCUT2D eigenvalue weighted by atomic mass is 15.1. The summed E-state index contributed by atoms with van der Waals surface area (Å²) in [6.45, 7) is 9.28. The third kappa shape index (κ3) is 12.3. The van der Waals surface area contributed by atoms with Gasteiger partial charge in [0, 0.05) is 6.92 Å². The molecule has 1 aromatic heterocycles. The Hall–Kier alpha value is -0.790. The Morgan fingerprint density at radius 1 is 0.630 bits per heavy atom. The van der Waals surface area contributed by atoms with Gasteiger partial charge in [0.05, 0.1) is 13.1 Å². The van der Waals surface area contributed by atoms with E-state index >= 15 is 0 Å². The smallest absolute Gasteiger partial charge is 0.234 e. The molecule has 1 rings (SSSR count). The number of hydrogen-bond acceptors (Lipinski definition) is 0. The molecule has 0 atom stereocenters. The molecule has 0 fully saturated rings. The van der Waals surface area contributed by atoms with Crippen LogP contribution in [0.1, 0.15) is 129 Å². The van der Waals surface area contributed by atoms with Gasteiger partial charge in [0.1, 0.15) is 12.4 Å². The lowest BCUT2D eigenvalue weighted by atomic mass is 10.1. The Kier molecular flexibility index (Phi) is 15.6. The molecule has 0 aromatic carbocycles. The fourth-order valence-corrected chi connectivity index (χ4v) is 4.02. The van der Waals surface area contributed by atoms with E-state index in [9.17, 15) is 0 Å². The van der Waals surface area contributed by atoms with Gasteiger partial charge in [0.25, 0.3) is 5.82 Å². The minimum absolute atomic E-state index is 1.20. The number of imidazole rings is 1. The predicted octanol–water partition coefficient (Wildman–Crippen LogP) is 7.76. The Labute approximate surface area is 170 Å². The standard InChI is InChI=1S/C25H49N2/c1-4-6-8-10-12-13-14-16-18-20-22-27-24-23-26(25(27)3)21-19-17-15-11-9-7-5-2/h23-24H,4-22H2,1-3H3/q+1. The Morgan fingerprint density at radius 2 is 1.07 bits per heavy atom. The molecule has 0 amide bonds. The van der Waals surface area contributed by atoms with Crippen molar-refractivity contribution in [1.82, 2.24) is 4.57 Å². The molecule has 2 nitrogen and oxygen atoms in total. The van der Waals surface area contributed by atoms with Gasteiger partial charge in [-0.3, -0.25) is 0 Å². The van der Waals surface area contributed by atoms with Gasteiger partial charge in [0.2, 0.25) is 0 Å². The summed E-state index contributed by atoms with van der Waals surface area (Å²) >= 11 is 0. The molecule has 1 heterocycles. The lowest BCUT2D eigenvalue weighted by Crippen LogP contribution is -2.35. The van der Waals surface area contributed by atoms with Crippen LogP contribution in [0, 0.1) is 6.92 Å². The molecular formula is C25H49N2+. The molecule has 1 aromatic rings. The largest absolute Gasteiger partial charge is 0.253 e. The monoisotopic (exact) mass is 377 g/mol. The minimum atomic E-state index is 1.20. The number of rotatable bonds is 19. The first-order chi connectivity index (χ1) is 13.3. The van der Waals surface area contributed by atoms with E-state index in [-0.39, 0.29) is 0 Å². The van der Waals surface area contributed by atoms with Crippen LogP contribution in [0.15, 0.2) is 12.4 Å². The first kappa shape index (κ1) is 24.2. The van der Waals surface area contributed by atoms with Crippen molar-refractivity contribution < 1.29 is 4.57 Å². The molecule has 27 heavy (non-hydrogen) atoms. The van der Waals surface area contributed by atoms with Crippen LogP contribution in [0.25, 0.3) is 0 Å². The van der Waals surface area contributed by atoms with Crippen molar-refractivity contribution in [3.8, 4) is 0 Å². The number of unbranched alkanes of at least 4 members (excludes halogenated alkanes) is 15. The molecule has 158 valence electrons. The SMILES string of the molecule is CCCCCCCCCCCCn1cc[n+](CCCCCCCCC)c1C. The van der Waals surface area contributed by atoms with E-state index in [4.69, 9.17) is 0 Å². The van der Waals surface area contributed by atoms with E-state index < -0.39 is 0 Å². The number of aryl methyl sites for hydroxylation is 2. The summed E-state index contributed by atoms with van der Waals surface area (Å²) in [4.78, 5) is 0. The average molecular weight is 378 g/mol. The van der Waals surface area contributed by atoms with Crippen molar-refractivity contribution in [2.45, 2.75) is 143 Å². The maximum atomic E-state index is 2.46. The van der Waals surface area contributed by atoms with E-state index in [1.165, 1.54) is 128 Å². The predicted molar refractivity (Wildman–Crippen MR) is 119 cm³/mol. The number of aromatic nitrogens is 2.